The number of anilines is 1. The van der Waals surface area contributed by atoms with Crippen LogP contribution in [-0.4, -0.2) is 20.9 Å². The highest BCUT2D eigenvalue weighted by Crippen LogP contribution is 2.28. The first-order chi connectivity index (χ1) is 15.9. The zero-order valence-corrected chi connectivity index (χ0v) is 21.6. The van der Waals surface area contributed by atoms with Gasteiger partial charge < -0.3 is 5.32 Å². The molecule has 0 radical (unpaired) electrons. The van der Waals surface area contributed by atoms with Crippen LogP contribution in [0.15, 0.2) is 77.7 Å². The van der Waals surface area contributed by atoms with Crippen LogP contribution in [0.2, 0.25) is 0 Å². The number of benzene rings is 3. The molecule has 3 aromatic carbocycles. The summed E-state index contributed by atoms with van der Waals surface area (Å²) in [5, 5.41) is 2.97. The van der Waals surface area contributed by atoms with E-state index in [1.54, 1.807) is 36.4 Å². The summed E-state index contributed by atoms with van der Waals surface area (Å²) in [4.78, 5) is 13.2. The molecule has 0 heterocycles. The predicted octanol–water partition coefficient (Wildman–Crippen LogP) is 5.67. The molecule has 5 nitrogen and oxygen atoms in total. The Hall–Kier alpha value is -3.12. The molecule has 0 saturated carbocycles. The Labute approximate surface area is 203 Å². The molecule has 0 aliphatic heterocycles. The summed E-state index contributed by atoms with van der Waals surface area (Å²) < 4.78 is 28.3. The minimum Gasteiger partial charge on any atom is -0.348 e. The van der Waals surface area contributed by atoms with E-state index < -0.39 is 10.0 Å². The fourth-order valence-electron chi connectivity index (χ4n) is 3.78. The molecular formula is C28H34N2O3S. The van der Waals surface area contributed by atoms with E-state index in [-0.39, 0.29) is 28.8 Å². The molecule has 0 saturated heterocycles. The van der Waals surface area contributed by atoms with Gasteiger partial charge in [0, 0.05) is 0 Å². The van der Waals surface area contributed by atoms with Gasteiger partial charge in [0.25, 0.3) is 10.0 Å². The van der Waals surface area contributed by atoms with Gasteiger partial charge in [-0.05, 0) is 66.6 Å². The topological polar surface area (TPSA) is 66.5 Å². The van der Waals surface area contributed by atoms with Crippen LogP contribution in [0.3, 0.4) is 0 Å². The minimum atomic E-state index is -3.94. The molecule has 3 rings (SSSR count). The zero-order chi connectivity index (χ0) is 25.1. The van der Waals surface area contributed by atoms with Gasteiger partial charge in [0.15, 0.2) is 0 Å². The van der Waals surface area contributed by atoms with E-state index in [0.29, 0.717) is 5.69 Å². The molecule has 0 bridgehead atoms. The highest BCUT2D eigenvalue weighted by Gasteiger charge is 2.28. The second-order valence-corrected chi connectivity index (χ2v) is 11.6. The van der Waals surface area contributed by atoms with E-state index in [2.05, 4.69) is 38.2 Å². The molecule has 34 heavy (non-hydrogen) atoms. The van der Waals surface area contributed by atoms with Gasteiger partial charge in [0.05, 0.1) is 16.6 Å². The second-order valence-electron chi connectivity index (χ2n) is 9.78. The summed E-state index contributed by atoms with van der Waals surface area (Å²) in [5.41, 5.74) is 4.42. The van der Waals surface area contributed by atoms with Gasteiger partial charge >= 0.3 is 0 Å². The molecule has 0 fully saturated rings. The number of carbonyl (C=O) groups is 1. The quantitative estimate of drug-likeness (QED) is 0.475. The highest BCUT2D eigenvalue weighted by atomic mass is 32.2. The summed E-state index contributed by atoms with van der Waals surface area (Å²) in [6, 6.07) is 21.7. The number of hydrogen-bond donors (Lipinski definition) is 1. The van der Waals surface area contributed by atoms with Gasteiger partial charge in [0.2, 0.25) is 5.91 Å². The fraction of sp³-hybridized carbons (Fsp3) is 0.321. The SMILES string of the molecule is Cc1ccc(C)c(N(CC(=O)N[C@@H](C)c2ccc(C(C)(C)C)cc2)S(=O)(=O)c2ccccc2)c1. The van der Waals surface area contributed by atoms with Crippen LogP contribution in [0.1, 0.15) is 56.0 Å². The Balaban J connectivity index is 1.88. The number of hydrogen-bond acceptors (Lipinski definition) is 3. The van der Waals surface area contributed by atoms with E-state index >= 15 is 0 Å². The first-order valence-corrected chi connectivity index (χ1v) is 12.9. The maximum atomic E-state index is 13.6. The summed E-state index contributed by atoms with van der Waals surface area (Å²) in [5.74, 6) is -0.368. The number of nitrogens with one attached hydrogen (secondary N) is 1. The molecule has 1 amide bonds. The Morgan fingerprint density at radius 1 is 0.941 bits per heavy atom. The Morgan fingerprint density at radius 3 is 2.15 bits per heavy atom. The van der Waals surface area contributed by atoms with E-state index in [1.165, 1.54) is 9.87 Å². The predicted molar refractivity (Wildman–Crippen MR) is 139 cm³/mol. The third kappa shape index (κ3) is 5.86. The van der Waals surface area contributed by atoms with Gasteiger partial charge in [-0.1, -0.05) is 75.4 Å². The van der Waals surface area contributed by atoms with Crippen LogP contribution in [0.25, 0.3) is 0 Å². The molecule has 0 aromatic heterocycles. The number of amides is 1. The van der Waals surface area contributed by atoms with Crippen molar-refractivity contribution < 1.29 is 13.2 Å². The average molecular weight is 479 g/mol. The number of rotatable bonds is 7. The first-order valence-electron chi connectivity index (χ1n) is 11.4. The Morgan fingerprint density at radius 2 is 1.56 bits per heavy atom. The maximum Gasteiger partial charge on any atom is 0.264 e. The largest absolute Gasteiger partial charge is 0.348 e. The lowest BCUT2D eigenvalue weighted by Crippen LogP contribution is -2.42. The monoisotopic (exact) mass is 478 g/mol. The Bertz CT molecular complexity index is 1250. The molecular weight excluding hydrogens is 444 g/mol. The minimum absolute atomic E-state index is 0.0446. The van der Waals surface area contributed by atoms with Crippen LogP contribution in [-0.2, 0) is 20.2 Å². The van der Waals surface area contributed by atoms with E-state index in [4.69, 9.17) is 0 Å². The van der Waals surface area contributed by atoms with Gasteiger partial charge in [0.1, 0.15) is 6.54 Å². The second kappa shape index (κ2) is 10.0. The van der Waals surface area contributed by atoms with Gasteiger partial charge in [-0.2, -0.15) is 0 Å². The molecule has 0 aliphatic carbocycles. The summed E-state index contributed by atoms with van der Waals surface area (Å²) in [7, 11) is -3.94. The average Bonchev–Trinajstić information content (AvgIpc) is 2.79. The van der Waals surface area contributed by atoms with Crippen LogP contribution in [0.4, 0.5) is 5.69 Å². The van der Waals surface area contributed by atoms with Crippen LogP contribution < -0.4 is 9.62 Å². The number of sulfonamides is 1. The van der Waals surface area contributed by atoms with Crippen molar-refractivity contribution in [2.45, 2.75) is 57.9 Å². The summed E-state index contributed by atoms with van der Waals surface area (Å²) >= 11 is 0. The standard InChI is InChI=1S/C28H34N2O3S/c1-20-12-13-21(2)26(18-20)30(34(32,33)25-10-8-7-9-11-25)19-27(31)29-22(3)23-14-16-24(17-15-23)28(4,5)6/h7-18,22H,19H2,1-6H3,(H,29,31)/t22-/m0/s1. The van der Waals surface area contributed by atoms with Crippen molar-refractivity contribution in [3.63, 3.8) is 0 Å². The number of nitrogens with zero attached hydrogens (tertiary/aromatic N) is 1. The summed E-state index contributed by atoms with van der Waals surface area (Å²) in [6.45, 7) is 11.8. The van der Waals surface area contributed by atoms with Crippen LogP contribution >= 0.6 is 0 Å². The normalized spacial score (nSPS) is 12.8. The summed E-state index contributed by atoms with van der Waals surface area (Å²) in [6.07, 6.45) is 0. The molecule has 1 atom stereocenters. The number of carbonyl (C=O) groups excluding carboxylic acids is 1. The lowest BCUT2D eigenvalue weighted by atomic mass is 9.86. The highest BCUT2D eigenvalue weighted by molar-refractivity contribution is 7.92. The van der Waals surface area contributed by atoms with Crippen molar-refractivity contribution in [2.24, 2.45) is 0 Å². The van der Waals surface area contributed by atoms with Crippen molar-refractivity contribution in [3.8, 4) is 0 Å². The van der Waals surface area contributed by atoms with Crippen molar-refractivity contribution >= 4 is 21.6 Å². The smallest absolute Gasteiger partial charge is 0.264 e. The maximum absolute atomic E-state index is 13.6. The molecule has 1 N–H and O–H groups in total. The molecule has 0 aliphatic rings. The first kappa shape index (κ1) is 25.5. The Kier molecular flexibility index (Phi) is 7.51. The zero-order valence-electron chi connectivity index (χ0n) is 20.8. The van der Waals surface area contributed by atoms with Crippen molar-refractivity contribution in [2.75, 3.05) is 10.8 Å². The molecule has 0 unspecified atom stereocenters. The fourth-order valence-corrected chi connectivity index (χ4v) is 5.28. The molecule has 0 spiro atoms. The van der Waals surface area contributed by atoms with E-state index in [1.807, 2.05) is 45.0 Å². The van der Waals surface area contributed by atoms with E-state index in [9.17, 15) is 13.2 Å². The van der Waals surface area contributed by atoms with Gasteiger partial charge in [-0.25, -0.2) is 8.42 Å². The van der Waals surface area contributed by atoms with Crippen molar-refractivity contribution in [1.82, 2.24) is 5.32 Å². The molecule has 180 valence electrons. The lowest BCUT2D eigenvalue weighted by molar-refractivity contribution is -0.120. The third-order valence-corrected chi connectivity index (χ3v) is 7.68. The van der Waals surface area contributed by atoms with Crippen molar-refractivity contribution in [1.29, 1.82) is 0 Å². The van der Waals surface area contributed by atoms with Gasteiger partial charge in [-0.15, -0.1) is 0 Å². The van der Waals surface area contributed by atoms with Crippen LogP contribution in [0, 0.1) is 13.8 Å². The van der Waals surface area contributed by atoms with Crippen LogP contribution in [0.5, 0.6) is 0 Å². The molecule has 3 aromatic rings. The van der Waals surface area contributed by atoms with Crippen molar-refractivity contribution in [3.05, 3.63) is 95.1 Å². The molecule has 6 heteroatoms. The third-order valence-electron chi connectivity index (χ3n) is 5.91. The van der Waals surface area contributed by atoms with Gasteiger partial charge in [-0.3, -0.25) is 9.10 Å². The van der Waals surface area contributed by atoms with E-state index in [0.717, 1.165) is 16.7 Å². The lowest BCUT2D eigenvalue weighted by Gasteiger charge is -2.27. The number of aryl methyl sites for hydroxylation is 2.